The van der Waals surface area contributed by atoms with E-state index in [0.29, 0.717) is 28.7 Å². The quantitative estimate of drug-likeness (QED) is 0.800. The molecule has 0 aliphatic carbocycles. The average Bonchev–Trinajstić information content (AvgIpc) is 3.14. The van der Waals surface area contributed by atoms with E-state index in [0.717, 1.165) is 5.75 Å². The lowest BCUT2D eigenvalue weighted by molar-refractivity contribution is -0.120. The van der Waals surface area contributed by atoms with Crippen LogP contribution in [-0.2, 0) is 4.79 Å². The van der Waals surface area contributed by atoms with Crippen molar-refractivity contribution < 1.29 is 13.9 Å². The van der Waals surface area contributed by atoms with Crippen molar-refractivity contribution in [3.05, 3.63) is 64.6 Å². The molecule has 0 fully saturated rings. The van der Waals surface area contributed by atoms with Crippen molar-refractivity contribution in [3.63, 3.8) is 0 Å². The van der Waals surface area contributed by atoms with Gasteiger partial charge in [0.1, 0.15) is 11.5 Å². The predicted molar refractivity (Wildman–Crippen MR) is 96.0 cm³/mol. The lowest BCUT2D eigenvalue weighted by Crippen LogP contribution is -2.31. The van der Waals surface area contributed by atoms with E-state index in [2.05, 4.69) is 11.4 Å². The van der Waals surface area contributed by atoms with E-state index in [-0.39, 0.29) is 18.2 Å². The number of thioether (sulfide) groups is 1. The van der Waals surface area contributed by atoms with Crippen LogP contribution in [0.25, 0.3) is 0 Å². The standard InChI is InChI=1S/C19H18N2O3S/c1-13-4-6-14(7-5-13)23-9-10-25-19-16(12-20)15(11-18(22)21-19)17-3-2-8-24-17/h2-8,15H,9-11H2,1H3,(H,21,22)/t15-/m1/s1. The second-order valence-corrected chi connectivity index (χ2v) is 6.79. The second kappa shape index (κ2) is 7.95. The van der Waals surface area contributed by atoms with Crippen LogP contribution in [0.1, 0.15) is 23.7 Å². The molecular formula is C19H18N2O3S. The molecule has 0 spiro atoms. The van der Waals surface area contributed by atoms with Crippen molar-refractivity contribution in [2.45, 2.75) is 19.3 Å². The van der Waals surface area contributed by atoms with Crippen molar-refractivity contribution in [3.8, 4) is 11.8 Å². The summed E-state index contributed by atoms with van der Waals surface area (Å²) in [6, 6.07) is 13.6. The van der Waals surface area contributed by atoms with Gasteiger partial charge < -0.3 is 14.5 Å². The number of allylic oxidation sites excluding steroid dienone is 1. The number of furan rings is 1. The summed E-state index contributed by atoms with van der Waals surface area (Å²) in [7, 11) is 0. The molecule has 2 heterocycles. The fourth-order valence-corrected chi connectivity index (χ4v) is 3.50. The molecule has 3 rings (SSSR count). The van der Waals surface area contributed by atoms with Crippen LogP contribution in [-0.4, -0.2) is 18.3 Å². The molecule has 2 aromatic rings. The van der Waals surface area contributed by atoms with E-state index >= 15 is 0 Å². The molecule has 5 nitrogen and oxygen atoms in total. The third-order valence-corrected chi connectivity index (χ3v) is 4.84. The smallest absolute Gasteiger partial charge is 0.225 e. The van der Waals surface area contributed by atoms with E-state index in [1.807, 2.05) is 31.2 Å². The molecule has 25 heavy (non-hydrogen) atoms. The normalized spacial score (nSPS) is 17.1. The zero-order valence-corrected chi connectivity index (χ0v) is 14.6. The Morgan fingerprint density at radius 1 is 1.36 bits per heavy atom. The predicted octanol–water partition coefficient (Wildman–Crippen LogP) is 3.74. The Kier molecular flexibility index (Phi) is 5.46. The maximum absolute atomic E-state index is 12.0. The minimum atomic E-state index is -0.325. The van der Waals surface area contributed by atoms with Crippen molar-refractivity contribution in [2.24, 2.45) is 0 Å². The van der Waals surface area contributed by atoms with Crippen molar-refractivity contribution in [2.75, 3.05) is 12.4 Å². The first-order chi connectivity index (χ1) is 12.2. The largest absolute Gasteiger partial charge is 0.493 e. The molecule has 1 aromatic heterocycles. The number of aryl methyl sites for hydroxylation is 1. The molecule has 128 valence electrons. The fraction of sp³-hybridized carbons (Fsp3) is 0.263. The SMILES string of the molecule is Cc1ccc(OCCSC2=C(C#N)[C@H](c3ccco3)CC(=O)N2)cc1. The van der Waals surface area contributed by atoms with Gasteiger partial charge in [0.25, 0.3) is 0 Å². The van der Waals surface area contributed by atoms with Gasteiger partial charge in [-0.15, -0.1) is 11.8 Å². The highest BCUT2D eigenvalue weighted by Crippen LogP contribution is 2.35. The van der Waals surface area contributed by atoms with Crippen molar-refractivity contribution in [1.29, 1.82) is 5.26 Å². The number of carbonyl (C=O) groups excluding carboxylic acids is 1. The van der Waals surface area contributed by atoms with E-state index in [4.69, 9.17) is 9.15 Å². The molecule has 0 saturated carbocycles. The van der Waals surface area contributed by atoms with Gasteiger partial charge in [-0.05, 0) is 31.2 Å². The molecule has 0 bridgehead atoms. The maximum atomic E-state index is 12.0. The molecule has 1 amide bonds. The lowest BCUT2D eigenvalue weighted by atomic mass is 9.92. The summed E-state index contributed by atoms with van der Waals surface area (Å²) in [4.78, 5) is 12.0. The minimum Gasteiger partial charge on any atom is -0.493 e. The monoisotopic (exact) mass is 354 g/mol. The Hall–Kier alpha value is -2.65. The van der Waals surface area contributed by atoms with Crippen LogP contribution >= 0.6 is 11.8 Å². The van der Waals surface area contributed by atoms with Gasteiger partial charge in [0.05, 0.1) is 35.5 Å². The molecule has 1 N–H and O–H groups in total. The first-order valence-corrected chi connectivity index (χ1v) is 8.95. The van der Waals surface area contributed by atoms with Gasteiger partial charge in [0.2, 0.25) is 5.91 Å². The number of amides is 1. The third-order valence-electron chi connectivity index (χ3n) is 3.86. The van der Waals surface area contributed by atoms with E-state index in [1.165, 1.54) is 17.3 Å². The molecular weight excluding hydrogens is 336 g/mol. The highest BCUT2D eigenvalue weighted by molar-refractivity contribution is 8.03. The van der Waals surface area contributed by atoms with Crippen LogP contribution in [0.4, 0.5) is 0 Å². The Balaban J connectivity index is 1.63. The number of ether oxygens (including phenoxy) is 1. The molecule has 1 aliphatic heterocycles. The number of nitrogens with one attached hydrogen (secondary N) is 1. The highest BCUT2D eigenvalue weighted by Gasteiger charge is 2.31. The van der Waals surface area contributed by atoms with Crippen LogP contribution in [0.3, 0.4) is 0 Å². The number of benzene rings is 1. The van der Waals surface area contributed by atoms with E-state index in [1.54, 1.807) is 18.4 Å². The maximum Gasteiger partial charge on any atom is 0.225 e. The van der Waals surface area contributed by atoms with Gasteiger partial charge in [-0.2, -0.15) is 5.26 Å². The molecule has 0 radical (unpaired) electrons. The minimum absolute atomic E-state index is 0.109. The molecule has 6 heteroatoms. The second-order valence-electron chi connectivity index (χ2n) is 5.68. The number of rotatable bonds is 6. The summed E-state index contributed by atoms with van der Waals surface area (Å²) in [6.45, 7) is 2.51. The molecule has 1 atom stereocenters. The van der Waals surface area contributed by atoms with Crippen LogP contribution in [0.15, 0.2) is 57.7 Å². The summed E-state index contributed by atoms with van der Waals surface area (Å²) >= 11 is 1.42. The fourth-order valence-electron chi connectivity index (χ4n) is 2.60. The number of carbonyl (C=O) groups is 1. The summed E-state index contributed by atoms with van der Waals surface area (Å²) in [5, 5.41) is 12.9. The van der Waals surface area contributed by atoms with Crippen molar-refractivity contribution in [1.82, 2.24) is 5.32 Å². The summed E-state index contributed by atoms with van der Waals surface area (Å²) in [5.41, 5.74) is 1.72. The zero-order valence-electron chi connectivity index (χ0n) is 13.8. The number of nitriles is 1. The Labute approximate surface area is 150 Å². The van der Waals surface area contributed by atoms with Crippen LogP contribution < -0.4 is 10.1 Å². The Morgan fingerprint density at radius 3 is 2.84 bits per heavy atom. The summed E-state index contributed by atoms with van der Waals surface area (Å²) in [5.74, 6) is 1.64. The summed E-state index contributed by atoms with van der Waals surface area (Å²) < 4.78 is 11.1. The van der Waals surface area contributed by atoms with Crippen LogP contribution in [0.2, 0.25) is 0 Å². The van der Waals surface area contributed by atoms with Gasteiger partial charge in [-0.25, -0.2) is 0 Å². The van der Waals surface area contributed by atoms with Gasteiger partial charge >= 0.3 is 0 Å². The summed E-state index contributed by atoms with van der Waals surface area (Å²) in [6.07, 6.45) is 1.78. The van der Waals surface area contributed by atoms with Crippen molar-refractivity contribution >= 4 is 17.7 Å². The Bertz CT molecular complexity index is 804. The van der Waals surface area contributed by atoms with Gasteiger partial charge in [0, 0.05) is 12.2 Å². The van der Waals surface area contributed by atoms with Crippen LogP contribution in [0, 0.1) is 18.3 Å². The first kappa shape index (κ1) is 17.2. The van der Waals surface area contributed by atoms with Crippen LogP contribution in [0.5, 0.6) is 5.75 Å². The lowest BCUT2D eigenvalue weighted by Gasteiger charge is -2.23. The average molecular weight is 354 g/mol. The van der Waals surface area contributed by atoms with E-state index in [9.17, 15) is 10.1 Å². The number of hydrogen-bond acceptors (Lipinski definition) is 5. The topological polar surface area (TPSA) is 75.3 Å². The number of hydrogen-bond donors (Lipinski definition) is 1. The van der Waals surface area contributed by atoms with Gasteiger partial charge in [-0.1, -0.05) is 17.7 Å². The Morgan fingerprint density at radius 2 is 2.16 bits per heavy atom. The molecule has 1 aliphatic rings. The third kappa shape index (κ3) is 4.25. The zero-order chi connectivity index (χ0) is 17.6. The highest BCUT2D eigenvalue weighted by atomic mass is 32.2. The van der Waals surface area contributed by atoms with Gasteiger partial charge in [-0.3, -0.25) is 4.79 Å². The molecule has 0 unspecified atom stereocenters. The van der Waals surface area contributed by atoms with E-state index < -0.39 is 0 Å². The number of nitrogens with zero attached hydrogens (tertiary/aromatic N) is 1. The molecule has 0 saturated heterocycles. The molecule has 1 aromatic carbocycles. The van der Waals surface area contributed by atoms with Gasteiger partial charge in [0.15, 0.2) is 0 Å². The first-order valence-electron chi connectivity index (χ1n) is 7.97.